The summed E-state index contributed by atoms with van der Waals surface area (Å²) in [7, 11) is 1.59. The molecule has 0 aliphatic rings. The number of H-pyrrole nitrogens is 1. The van der Waals surface area contributed by atoms with E-state index in [9.17, 15) is 0 Å². The predicted molar refractivity (Wildman–Crippen MR) is 41.8 cm³/mol. The summed E-state index contributed by atoms with van der Waals surface area (Å²) in [6, 6.07) is 0. The Balaban J connectivity index is 2.65. The zero-order valence-corrected chi connectivity index (χ0v) is 6.22. The van der Waals surface area contributed by atoms with Crippen LogP contribution < -0.4 is 5.73 Å². The van der Waals surface area contributed by atoms with E-state index in [-0.39, 0.29) is 0 Å². The van der Waals surface area contributed by atoms with Gasteiger partial charge in [-0.1, -0.05) is 5.92 Å². The molecule has 0 aromatic carbocycles. The number of nitrogens with two attached hydrogens (primary N) is 1. The van der Waals surface area contributed by atoms with Crippen LogP contribution in [0, 0.1) is 11.8 Å². The SMILES string of the molecule is COCC#Cc1n[nH]cc1N. The smallest absolute Gasteiger partial charge is 0.158 e. The van der Waals surface area contributed by atoms with Gasteiger partial charge in [0, 0.05) is 13.3 Å². The van der Waals surface area contributed by atoms with E-state index in [4.69, 9.17) is 10.5 Å². The average molecular weight is 151 g/mol. The number of rotatable bonds is 1. The minimum Gasteiger partial charge on any atom is -0.395 e. The normalized spacial score (nSPS) is 8.82. The molecule has 11 heavy (non-hydrogen) atoms. The number of aromatic nitrogens is 2. The third-order valence-electron chi connectivity index (χ3n) is 1.09. The van der Waals surface area contributed by atoms with Crippen LogP contribution in [0.25, 0.3) is 0 Å². The molecule has 0 atom stereocenters. The molecule has 0 aliphatic heterocycles. The number of aromatic amines is 1. The van der Waals surface area contributed by atoms with E-state index in [1.165, 1.54) is 0 Å². The molecule has 0 amide bonds. The third kappa shape index (κ3) is 1.99. The fourth-order valence-corrected chi connectivity index (χ4v) is 0.591. The summed E-state index contributed by atoms with van der Waals surface area (Å²) in [6.07, 6.45) is 1.59. The average Bonchev–Trinajstić information content (AvgIpc) is 2.37. The van der Waals surface area contributed by atoms with Gasteiger partial charge in [0.15, 0.2) is 5.69 Å². The van der Waals surface area contributed by atoms with Crippen LogP contribution in [0.2, 0.25) is 0 Å². The van der Waals surface area contributed by atoms with Crippen molar-refractivity contribution in [2.75, 3.05) is 19.5 Å². The highest BCUT2D eigenvalue weighted by Crippen LogP contribution is 2.02. The zero-order valence-electron chi connectivity index (χ0n) is 6.22. The number of hydrogen-bond acceptors (Lipinski definition) is 3. The van der Waals surface area contributed by atoms with Crippen molar-refractivity contribution < 1.29 is 4.74 Å². The van der Waals surface area contributed by atoms with Crippen LogP contribution in [0.4, 0.5) is 5.69 Å². The van der Waals surface area contributed by atoms with Crippen molar-refractivity contribution in [1.82, 2.24) is 10.2 Å². The molecular weight excluding hydrogens is 142 g/mol. The highest BCUT2D eigenvalue weighted by Gasteiger charge is 1.94. The number of nitrogens with one attached hydrogen (secondary N) is 1. The summed E-state index contributed by atoms with van der Waals surface area (Å²) in [6.45, 7) is 0.395. The van der Waals surface area contributed by atoms with E-state index in [0.29, 0.717) is 18.0 Å². The first-order valence-electron chi connectivity index (χ1n) is 3.11. The van der Waals surface area contributed by atoms with Crippen molar-refractivity contribution in [3.8, 4) is 11.8 Å². The van der Waals surface area contributed by atoms with Gasteiger partial charge >= 0.3 is 0 Å². The standard InChI is InChI=1S/C7H9N3O/c1-11-4-2-3-7-6(8)5-9-10-7/h5H,4,8H2,1H3,(H,9,10). The van der Waals surface area contributed by atoms with E-state index in [1.807, 2.05) is 0 Å². The van der Waals surface area contributed by atoms with Gasteiger partial charge in [0.25, 0.3) is 0 Å². The molecule has 0 unspecified atom stereocenters. The van der Waals surface area contributed by atoms with Gasteiger partial charge in [-0.05, 0) is 5.92 Å². The lowest BCUT2D eigenvalue weighted by Gasteiger charge is -1.83. The van der Waals surface area contributed by atoms with Gasteiger partial charge in [-0.2, -0.15) is 5.10 Å². The number of ether oxygens (including phenoxy) is 1. The topological polar surface area (TPSA) is 63.9 Å². The molecule has 0 fully saturated rings. The number of hydrogen-bond donors (Lipinski definition) is 2. The van der Waals surface area contributed by atoms with Crippen molar-refractivity contribution in [2.45, 2.75) is 0 Å². The Hall–Kier alpha value is -1.47. The lowest BCUT2D eigenvalue weighted by Crippen LogP contribution is -1.87. The Morgan fingerprint density at radius 2 is 2.64 bits per heavy atom. The zero-order chi connectivity index (χ0) is 8.10. The maximum Gasteiger partial charge on any atom is 0.158 e. The minimum absolute atomic E-state index is 0.395. The molecule has 0 bridgehead atoms. The Labute approximate surface area is 64.7 Å². The summed E-state index contributed by atoms with van der Waals surface area (Å²) in [5, 5.41) is 6.42. The largest absolute Gasteiger partial charge is 0.395 e. The number of methoxy groups -OCH3 is 1. The first-order chi connectivity index (χ1) is 5.34. The van der Waals surface area contributed by atoms with Crippen LogP contribution in [-0.2, 0) is 4.74 Å². The molecule has 0 saturated carbocycles. The van der Waals surface area contributed by atoms with Crippen LogP contribution in [0.5, 0.6) is 0 Å². The van der Waals surface area contributed by atoms with Gasteiger partial charge in [-0.15, -0.1) is 0 Å². The van der Waals surface area contributed by atoms with Crippen molar-refractivity contribution in [1.29, 1.82) is 0 Å². The maximum absolute atomic E-state index is 5.49. The van der Waals surface area contributed by atoms with Crippen molar-refractivity contribution in [3.05, 3.63) is 11.9 Å². The van der Waals surface area contributed by atoms with Gasteiger partial charge in [0.1, 0.15) is 6.61 Å². The molecule has 0 aliphatic carbocycles. The lowest BCUT2D eigenvalue weighted by atomic mass is 10.4. The van der Waals surface area contributed by atoms with E-state index >= 15 is 0 Å². The van der Waals surface area contributed by atoms with Crippen LogP contribution >= 0.6 is 0 Å². The first-order valence-corrected chi connectivity index (χ1v) is 3.11. The van der Waals surface area contributed by atoms with E-state index in [2.05, 4.69) is 22.0 Å². The molecule has 0 spiro atoms. The molecular formula is C7H9N3O. The Morgan fingerprint density at radius 3 is 3.18 bits per heavy atom. The fraction of sp³-hybridized carbons (Fsp3) is 0.286. The summed E-state index contributed by atoms with van der Waals surface area (Å²) < 4.78 is 4.73. The molecule has 3 N–H and O–H groups in total. The predicted octanol–water partition coefficient (Wildman–Crippen LogP) is -0.0102. The molecule has 1 aromatic heterocycles. The summed E-state index contributed by atoms with van der Waals surface area (Å²) in [4.78, 5) is 0. The molecule has 0 radical (unpaired) electrons. The van der Waals surface area contributed by atoms with Gasteiger partial charge < -0.3 is 10.5 Å². The Kier molecular flexibility index (Phi) is 2.53. The second kappa shape index (κ2) is 3.64. The highest BCUT2D eigenvalue weighted by molar-refractivity contribution is 5.49. The van der Waals surface area contributed by atoms with E-state index in [1.54, 1.807) is 13.3 Å². The summed E-state index contributed by atoms with van der Waals surface area (Å²) >= 11 is 0. The molecule has 0 saturated heterocycles. The Bertz CT molecular complexity index is 281. The molecule has 58 valence electrons. The summed E-state index contributed by atoms with van der Waals surface area (Å²) in [5.74, 6) is 5.50. The molecule has 1 rings (SSSR count). The van der Waals surface area contributed by atoms with Crippen molar-refractivity contribution >= 4 is 5.69 Å². The van der Waals surface area contributed by atoms with Crippen LogP contribution in [0.3, 0.4) is 0 Å². The molecule has 4 heteroatoms. The van der Waals surface area contributed by atoms with Crippen molar-refractivity contribution in [3.63, 3.8) is 0 Å². The Morgan fingerprint density at radius 1 is 1.82 bits per heavy atom. The van der Waals surface area contributed by atoms with E-state index in [0.717, 1.165) is 0 Å². The van der Waals surface area contributed by atoms with Crippen LogP contribution in [-0.4, -0.2) is 23.9 Å². The second-order valence-corrected chi connectivity index (χ2v) is 1.92. The van der Waals surface area contributed by atoms with E-state index < -0.39 is 0 Å². The number of anilines is 1. The van der Waals surface area contributed by atoms with Gasteiger partial charge in [0.2, 0.25) is 0 Å². The van der Waals surface area contributed by atoms with Gasteiger partial charge in [-0.3, -0.25) is 5.10 Å². The van der Waals surface area contributed by atoms with Crippen molar-refractivity contribution in [2.24, 2.45) is 0 Å². The fourth-order valence-electron chi connectivity index (χ4n) is 0.591. The third-order valence-corrected chi connectivity index (χ3v) is 1.09. The molecule has 1 heterocycles. The highest BCUT2D eigenvalue weighted by atomic mass is 16.5. The first kappa shape index (κ1) is 7.63. The minimum atomic E-state index is 0.395. The number of nitrogens with zero attached hydrogens (tertiary/aromatic N) is 1. The lowest BCUT2D eigenvalue weighted by molar-refractivity contribution is 0.240. The van der Waals surface area contributed by atoms with Crippen LogP contribution in [0.1, 0.15) is 5.69 Å². The van der Waals surface area contributed by atoms with Gasteiger partial charge in [0.05, 0.1) is 5.69 Å². The number of nitrogen functional groups attached to an aromatic ring is 1. The van der Waals surface area contributed by atoms with Crippen LogP contribution in [0.15, 0.2) is 6.20 Å². The molecule has 4 nitrogen and oxygen atoms in total. The second-order valence-electron chi connectivity index (χ2n) is 1.92. The molecule has 1 aromatic rings. The quantitative estimate of drug-likeness (QED) is 0.555. The monoisotopic (exact) mass is 151 g/mol. The maximum atomic E-state index is 5.49. The summed E-state index contributed by atoms with van der Waals surface area (Å²) in [5.41, 5.74) is 6.62. The van der Waals surface area contributed by atoms with Gasteiger partial charge in [-0.25, -0.2) is 0 Å².